The predicted molar refractivity (Wildman–Crippen MR) is 42.2 cm³/mol. The van der Waals surface area contributed by atoms with E-state index in [2.05, 4.69) is 10.1 Å². The maximum Gasteiger partial charge on any atom is 0.310 e. The number of carbonyl (C=O) groups is 1. The van der Waals surface area contributed by atoms with E-state index in [1.165, 1.54) is 7.11 Å². The summed E-state index contributed by atoms with van der Waals surface area (Å²) in [5, 5.41) is 3.13. The summed E-state index contributed by atoms with van der Waals surface area (Å²) < 4.78 is 4.69. The first kappa shape index (κ1) is 8.53. The maximum absolute atomic E-state index is 11.1. The molecule has 0 bridgehead atoms. The monoisotopic (exact) mass is 157 g/mol. The summed E-state index contributed by atoms with van der Waals surface area (Å²) in [5.41, 5.74) is 0. The van der Waals surface area contributed by atoms with Gasteiger partial charge in [0.2, 0.25) is 0 Å². The lowest BCUT2D eigenvalue weighted by Gasteiger charge is -2.15. The van der Waals surface area contributed by atoms with E-state index < -0.39 is 0 Å². The number of rotatable bonds is 2. The van der Waals surface area contributed by atoms with Crippen molar-refractivity contribution < 1.29 is 9.53 Å². The smallest absolute Gasteiger partial charge is 0.310 e. The second kappa shape index (κ2) is 3.72. The van der Waals surface area contributed by atoms with Crippen LogP contribution in [0.5, 0.6) is 0 Å². The quantitative estimate of drug-likeness (QED) is 0.595. The van der Waals surface area contributed by atoms with Crippen LogP contribution < -0.4 is 5.32 Å². The summed E-state index contributed by atoms with van der Waals surface area (Å²) in [5.74, 6) is 0.0202. The average molecular weight is 157 g/mol. The van der Waals surface area contributed by atoms with Gasteiger partial charge in [-0.3, -0.25) is 4.79 Å². The highest BCUT2D eigenvalue weighted by atomic mass is 16.5. The highest BCUT2D eigenvalue weighted by Gasteiger charge is 2.32. The van der Waals surface area contributed by atoms with Crippen LogP contribution in [0.3, 0.4) is 0 Å². The first-order chi connectivity index (χ1) is 5.29. The average Bonchev–Trinajstić information content (AvgIpc) is 2.50. The van der Waals surface area contributed by atoms with Crippen LogP contribution in [0, 0.1) is 5.92 Å². The minimum atomic E-state index is -0.0677. The fourth-order valence-corrected chi connectivity index (χ4v) is 1.74. The molecule has 0 aliphatic heterocycles. The van der Waals surface area contributed by atoms with E-state index in [1.54, 1.807) is 0 Å². The summed E-state index contributed by atoms with van der Waals surface area (Å²) in [6.07, 6.45) is 3.19. The Morgan fingerprint density at radius 2 is 2.27 bits per heavy atom. The molecule has 0 heterocycles. The van der Waals surface area contributed by atoms with Crippen molar-refractivity contribution in [3.63, 3.8) is 0 Å². The highest BCUT2D eigenvalue weighted by molar-refractivity contribution is 5.73. The Hall–Kier alpha value is -0.570. The van der Waals surface area contributed by atoms with Crippen LogP contribution in [0.4, 0.5) is 0 Å². The molecule has 1 N–H and O–H groups in total. The van der Waals surface area contributed by atoms with Gasteiger partial charge in [0.15, 0.2) is 0 Å². The van der Waals surface area contributed by atoms with Gasteiger partial charge < -0.3 is 10.1 Å². The second-order valence-corrected chi connectivity index (χ2v) is 2.96. The van der Waals surface area contributed by atoms with Crippen molar-refractivity contribution in [3.8, 4) is 0 Å². The Morgan fingerprint density at radius 3 is 2.82 bits per heavy atom. The highest BCUT2D eigenvalue weighted by Crippen LogP contribution is 2.26. The Labute approximate surface area is 67.1 Å². The third-order valence-corrected chi connectivity index (χ3v) is 2.39. The Kier molecular flexibility index (Phi) is 2.88. The number of hydrogen-bond donors (Lipinski definition) is 1. The van der Waals surface area contributed by atoms with E-state index in [0.717, 1.165) is 19.3 Å². The molecular formula is C8H15NO2. The van der Waals surface area contributed by atoms with Crippen LogP contribution >= 0.6 is 0 Å². The molecule has 0 unspecified atom stereocenters. The zero-order valence-electron chi connectivity index (χ0n) is 7.09. The van der Waals surface area contributed by atoms with Crippen molar-refractivity contribution in [2.75, 3.05) is 14.2 Å². The molecular weight excluding hydrogens is 142 g/mol. The number of nitrogens with one attached hydrogen (secondary N) is 1. The third kappa shape index (κ3) is 1.71. The van der Waals surface area contributed by atoms with Gasteiger partial charge in [-0.05, 0) is 19.9 Å². The molecule has 1 aliphatic rings. The molecule has 1 fully saturated rings. The molecule has 0 saturated heterocycles. The van der Waals surface area contributed by atoms with E-state index in [4.69, 9.17) is 0 Å². The van der Waals surface area contributed by atoms with Crippen molar-refractivity contribution >= 4 is 5.97 Å². The molecule has 0 radical (unpaired) electrons. The zero-order valence-corrected chi connectivity index (χ0v) is 7.09. The van der Waals surface area contributed by atoms with Gasteiger partial charge in [0, 0.05) is 6.04 Å². The molecule has 0 amide bonds. The summed E-state index contributed by atoms with van der Waals surface area (Å²) in [4.78, 5) is 11.1. The molecule has 1 saturated carbocycles. The van der Waals surface area contributed by atoms with Gasteiger partial charge in [0.05, 0.1) is 13.0 Å². The standard InChI is InChI=1S/C8H15NO2/c1-9-7-5-3-4-6(7)8(10)11-2/h6-7,9H,3-5H2,1-2H3/t6-,7+/m1/s1. The van der Waals surface area contributed by atoms with Gasteiger partial charge in [0.1, 0.15) is 0 Å². The lowest BCUT2D eigenvalue weighted by Crippen LogP contribution is -2.34. The molecule has 0 aromatic rings. The predicted octanol–water partition coefficient (Wildman–Crippen LogP) is 0.547. The second-order valence-electron chi connectivity index (χ2n) is 2.96. The van der Waals surface area contributed by atoms with Gasteiger partial charge in [-0.2, -0.15) is 0 Å². The van der Waals surface area contributed by atoms with Crippen LogP contribution in [-0.4, -0.2) is 26.2 Å². The van der Waals surface area contributed by atoms with Crippen molar-refractivity contribution in [2.24, 2.45) is 5.92 Å². The molecule has 64 valence electrons. The largest absolute Gasteiger partial charge is 0.469 e. The first-order valence-electron chi connectivity index (χ1n) is 4.04. The van der Waals surface area contributed by atoms with Crippen LogP contribution in [0.25, 0.3) is 0 Å². The van der Waals surface area contributed by atoms with Gasteiger partial charge in [-0.25, -0.2) is 0 Å². The SMILES string of the molecule is CN[C@H]1CCC[C@H]1C(=O)OC. The van der Waals surface area contributed by atoms with E-state index >= 15 is 0 Å². The molecule has 3 heteroatoms. The molecule has 1 aliphatic carbocycles. The fourth-order valence-electron chi connectivity index (χ4n) is 1.74. The van der Waals surface area contributed by atoms with Gasteiger partial charge in [-0.1, -0.05) is 6.42 Å². The molecule has 3 nitrogen and oxygen atoms in total. The fraction of sp³-hybridized carbons (Fsp3) is 0.875. The van der Waals surface area contributed by atoms with E-state index in [1.807, 2.05) is 7.05 Å². The number of ether oxygens (including phenoxy) is 1. The third-order valence-electron chi connectivity index (χ3n) is 2.39. The minimum absolute atomic E-state index is 0.0677. The summed E-state index contributed by atoms with van der Waals surface area (Å²) >= 11 is 0. The molecule has 2 atom stereocenters. The summed E-state index contributed by atoms with van der Waals surface area (Å²) in [6, 6.07) is 0.336. The summed E-state index contributed by atoms with van der Waals surface area (Å²) in [7, 11) is 3.35. The van der Waals surface area contributed by atoms with Crippen molar-refractivity contribution in [3.05, 3.63) is 0 Å². The molecule has 0 aromatic heterocycles. The lowest BCUT2D eigenvalue weighted by molar-refractivity contribution is -0.145. The van der Waals surface area contributed by atoms with Crippen molar-refractivity contribution in [1.29, 1.82) is 0 Å². The Bertz CT molecular complexity index is 147. The van der Waals surface area contributed by atoms with E-state index in [-0.39, 0.29) is 11.9 Å². The van der Waals surface area contributed by atoms with E-state index in [0.29, 0.717) is 6.04 Å². The number of methoxy groups -OCH3 is 1. The molecule has 1 rings (SSSR count). The van der Waals surface area contributed by atoms with E-state index in [9.17, 15) is 4.79 Å². The Balaban J connectivity index is 2.49. The number of hydrogen-bond acceptors (Lipinski definition) is 3. The normalized spacial score (nSPS) is 30.4. The molecule has 0 spiro atoms. The van der Waals surface area contributed by atoms with Gasteiger partial charge in [-0.15, -0.1) is 0 Å². The van der Waals surface area contributed by atoms with Crippen LogP contribution in [0.2, 0.25) is 0 Å². The Morgan fingerprint density at radius 1 is 1.55 bits per heavy atom. The minimum Gasteiger partial charge on any atom is -0.469 e. The number of carbonyl (C=O) groups excluding carboxylic acids is 1. The van der Waals surface area contributed by atoms with Crippen molar-refractivity contribution in [1.82, 2.24) is 5.32 Å². The van der Waals surface area contributed by atoms with Crippen LogP contribution in [-0.2, 0) is 9.53 Å². The van der Waals surface area contributed by atoms with Crippen LogP contribution in [0.1, 0.15) is 19.3 Å². The number of esters is 1. The zero-order chi connectivity index (χ0) is 8.27. The summed E-state index contributed by atoms with van der Waals surface area (Å²) in [6.45, 7) is 0. The molecule has 11 heavy (non-hydrogen) atoms. The first-order valence-corrected chi connectivity index (χ1v) is 4.04. The topological polar surface area (TPSA) is 38.3 Å². The maximum atomic E-state index is 11.1. The van der Waals surface area contributed by atoms with Gasteiger partial charge in [0.25, 0.3) is 0 Å². The molecule has 0 aromatic carbocycles. The lowest BCUT2D eigenvalue weighted by atomic mass is 10.0. The van der Waals surface area contributed by atoms with Crippen LogP contribution in [0.15, 0.2) is 0 Å². The van der Waals surface area contributed by atoms with Gasteiger partial charge >= 0.3 is 5.97 Å². The van der Waals surface area contributed by atoms with Crippen molar-refractivity contribution in [2.45, 2.75) is 25.3 Å².